The zero-order chi connectivity index (χ0) is 18.2. The Bertz CT molecular complexity index is 725. The fraction of sp³-hybridized carbons (Fsp3) is 0.375. The van der Waals surface area contributed by atoms with Gasteiger partial charge >= 0.3 is 0 Å². The molecule has 1 aromatic carbocycles. The zero-order valence-corrected chi connectivity index (χ0v) is 16.0. The topological polar surface area (TPSA) is 76.4 Å². The summed E-state index contributed by atoms with van der Waals surface area (Å²) in [7, 11) is 1.57. The molecule has 0 aliphatic carbocycles. The SMILES string of the molecule is COCCNC(=O)Cn1c(CO)cnc1SCc1ccc(Cl)cc1Cl. The number of aliphatic hydroxyl groups is 1. The number of aromatic nitrogens is 2. The molecule has 25 heavy (non-hydrogen) atoms. The van der Waals surface area contributed by atoms with Crippen LogP contribution in [0, 0.1) is 0 Å². The van der Waals surface area contributed by atoms with E-state index in [1.54, 1.807) is 30.0 Å². The number of nitrogens with one attached hydrogen (secondary N) is 1. The van der Waals surface area contributed by atoms with E-state index in [-0.39, 0.29) is 19.1 Å². The van der Waals surface area contributed by atoms with Crippen LogP contribution in [0.5, 0.6) is 0 Å². The highest BCUT2D eigenvalue weighted by molar-refractivity contribution is 7.98. The maximum atomic E-state index is 12.0. The first kappa shape index (κ1) is 20.1. The van der Waals surface area contributed by atoms with Gasteiger partial charge in [-0.3, -0.25) is 4.79 Å². The Morgan fingerprint density at radius 3 is 2.92 bits per heavy atom. The second kappa shape index (κ2) is 10.0. The van der Waals surface area contributed by atoms with Crippen molar-refractivity contribution in [1.29, 1.82) is 0 Å². The van der Waals surface area contributed by atoms with Gasteiger partial charge < -0.3 is 19.7 Å². The molecule has 9 heteroatoms. The van der Waals surface area contributed by atoms with E-state index in [2.05, 4.69) is 10.3 Å². The first-order valence-corrected chi connectivity index (χ1v) is 9.27. The molecule has 0 atom stereocenters. The van der Waals surface area contributed by atoms with E-state index >= 15 is 0 Å². The number of halogens is 2. The van der Waals surface area contributed by atoms with Crippen LogP contribution in [-0.2, 0) is 28.4 Å². The van der Waals surface area contributed by atoms with Crippen LogP contribution in [0.4, 0.5) is 0 Å². The summed E-state index contributed by atoms with van der Waals surface area (Å²) in [5.74, 6) is 0.402. The second-order valence-corrected chi connectivity index (χ2v) is 6.93. The Labute approximate surface area is 160 Å². The van der Waals surface area contributed by atoms with Crippen LogP contribution in [-0.4, -0.2) is 40.8 Å². The monoisotopic (exact) mass is 403 g/mol. The molecule has 2 N–H and O–H groups in total. The highest BCUT2D eigenvalue weighted by Gasteiger charge is 2.14. The van der Waals surface area contributed by atoms with E-state index in [0.717, 1.165) is 5.56 Å². The summed E-state index contributed by atoms with van der Waals surface area (Å²) >= 11 is 13.5. The van der Waals surface area contributed by atoms with E-state index in [9.17, 15) is 9.90 Å². The van der Waals surface area contributed by atoms with Crippen molar-refractivity contribution in [3.63, 3.8) is 0 Å². The minimum absolute atomic E-state index is 0.0797. The predicted molar refractivity (Wildman–Crippen MR) is 99.1 cm³/mol. The number of hydrogen-bond acceptors (Lipinski definition) is 5. The summed E-state index contributed by atoms with van der Waals surface area (Å²) in [5.41, 5.74) is 1.49. The molecule has 0 bridgehead atoms. The van der Waals surface area contributed by atoms with Crippen molar-refractivity contribution >= 4 is 40.9 Å². The zero-order valence-electron chi connectivity index (χ0n) is 13.7. The molecule has 6 nitrogen and oxygen atoms in total. The third kappa shape index (κ3) is 5.90. The van der Waals surface area contributed by atoms with Gasteiger partial charge in [0.1, 0.15) is 6.54 Å². The average Bonchev–Trinajstić information content (AvgIpc) is 2.96. The van der Waals surface area contributed by atoms with Gasteiger partial charge in [-0.25, -0.2) is 4.98 Å². The maximum absolute atomic E-state index is 12.0. The largest absolute Gasteiger partial charge is 0.390 e. The van der Waals surface area contributed by atoms with Crippen molar-refractivity contribution in [3.05, 3.63) is 45.7 Å². The lowest BCUT2D eigenvalue weighted by Gasteiger charge is -2.11. The number of hydrogen-bond donors (Lipinski definition) is 2. The van der Waals surface area contributed by atoms with Gasteiger partial charge in [0.2, 0.25) is 5.91 Å². The van der Waals surface area contributed by atoms with Crippen LogP contribution in [0.15, 0.2) is 29.6 Å². The molecule has 2 aromatic rings. The summed E-state index contributed by atoms with van der Waals surface area (Å²) in [4.78, 5) is 16.3. The summed E-state index contributed by atoms with van der Waals surface area (Å²) in [6, 6.07) is 5.32. The van der Waals surface area contributed by atoms with Crippen molar-refractivity contribution < 1.29 is 14.6 Å². The van der Waals surface area contributed by atoms with Crippen LogP contribution in [0.2, 0.25) is 10.0 Å². The molecule has 0 spiro atoms. The Morgan fingerprint density at radius 1 is 1.44 bits per heavy atom. The maximum Gasteiger partial charge on any atom is 0.240 e. The first-order chi connectivity index (χ1) is 12.0. The summed E-state index contributed by atoms with van der Waals surface area (Å²) in [5, 5.41) is 14.0. The van der Waals surface area contributed by atoms with E-state index in [1.165, 1.54) is 11.8 Å². The van der Waals surface area contributed by atoms with Crippen molar-refractivity contribution in [1.82, 2.24) is 14.9 Å². The molecule has 0 saturated heterocycles. The van der Waals surface area contributed by atoms with Crippen LogP contribution in [0.3, 0.4) is 0 Å². The number of aliphatic hydroxyl groups excluding tert-OH is 1. The number of carbonyl (C=O) groups excluding carboxylic acids is 1. The van der Waals surface area contributed by atoms with Crippen molar-refractivity contribution in [2.75, 3.05) is 20.3 Å². The van der Waals surface area contributed by atoms with Gasteiger partial charge in [-0.05, 0) is 17.7 Å². The van der Waals surface area contributed by atoms with Crippen molar-refractivity contribution in [2.24, 2.45) is 0 Å². The van der Waals surface area contributed by atoms with Gasteiger partial charge in [0.05, 0.1) is 25.1 Å². The standard InChI is InChI=1S/C16H19Cl2N3O3S/c1-24-5-4-19-15(23)8-21-13(9-22)7-20-16(21)25-10-11-2-3-12(17)6-14(11)18/h2-3,6-7,22H,4-5,8-10H2,1H3,(H,19,23). The van der Waals surface area contributed by atoms with Gasteiger partial charge in [0, 0.05) is 29.5 Å². The number of ether oxygens (including phenoxy) is 1. The molecular formula is C16H19Cl2N3O3S. The first-order valence-electron chi connectivity index (χ1n) is 7.52. The minimum Gasteiger partial charge on any atom is -0.390 e. The number of nitrogens with zero attached hydrogens (tertiary/aromatic N) is 2. The third-order valence-corrected chi connectivity index (χ3v) is 4.99. The smallest absolute Gasteiger partial charge is 0.240 e. The van der Waals surface area contributed by atoms with Gasteiger partial charge in [-0.2, -0.15) is 0 Å². The molecule has 0 radical (unpaired) electrons. The van der Waals surface area contributed by atoms with Crippen LogP contribution in [0.25, 0.3) is 0 Å². The van der Waals surface area contributed by atoms with E-state index < -0.39 is 0 Å². The number of thioether (sulfide) groups is 1. The number of carbonyl (C=O) groups is 1. The predicted octanol–water partition coefficient (Wildman–Crippen LogP) is 2.74. The summed E-state index contributed by atoms with van der Waals surface area (Å²) in [6.07, 6.45) is 1.56. The number of rotatable bonds is 9. The van der Waals surface area contributed by atoms with Crippen molar-refractivity contribution in [3.8, 4) is 0 Å². The Kier molecular flexibility index (Phi) is 8.05. The number of benzene rings is 1. The molecule has 0 aliphatic rings. The molecule has 1 amide bonds. The molecule has 0 fully saturated rings. The summed E-state index contributed by atoms with van der Waals surface area (Å²) in [6.45, 7) is 0.761. The van der Waals surface area contributed by atoms with Crippen LogP contribution in [0.1, 0.15) is 11.3 Å². The molecule has 0 unspecified atom stereocenters. The van der Waals surface area contributed by atoms with Crippen molar-refractivity contribution in [2.45, 2.75) is 24.1 Å². The Morgan fingerprint density at radius 2 is 2.24 bits per heavy atom. The quantitative estimate of drug-likeness (QED) is 0.497. The lowest BCUT2D eigenvalue weighted by molar-refractivity contribution is -0.122. The van der Waals surface area contributed by atoms with Gasteiger partial charge in [-0.15, -0.1) is 0 Å². The molecule has 0 aliphatic heterocycles. The Balaban J connectivity index is 2.05. The molecule has 1 aromatic heterocycles. The minimum atomic E-state index is -0.194. The number of imidazole rings is 1. The molecule has 1 heterocycles. The Hall–Kier alpha value is -1.25. The normalized spacial score (nSPS) is 10.9. The number of amides is 1. The van der Waals surface area contributed by atoms with E-state index in [4.69, 9.17) is 27.9 Å². The molecule has 0 saturated carbocycles. The van der Waals surface area contributed by atoms with Gasteiger partial charge in [-0.1, -0.05) is 41.0 Å². The lowest BCUT2D eigenvalue weighted by atomic mass is 10.2. The highest BCUT2D eigenvalue weighted by Crippen LogP contribution is 2.28. The molecule has 2 rings (SSSR count). The number of methoxy groups -OCH3 is 1. The van der Waals surface area contributed by atoms with Gasteiger partial charge in [0.15, 0.2) is 5.16 Å². The van der Waals surface area contributed by atoms with E-state index in [0.29, 0.717) is 39.8 Å². The fourth-order valence-electron chi connectivity index (χ4n) is 2.08. The average molecular weight is 404 g/mol. The van der Waals surface area contributed by atoms with Gasteiger partial charge in [0.25, 0.3) is 0 Å². The van der Waals surface area contributed by atoms with Crippen LogP contribution >= 0.6 is 35.0 Å². The third-order valence-electron chi connectivity index (χ3n) is 3.37. The van der Waals surface area contributed by atoms with E-state index in [1.807, 2.05) is 6.07 Å². The lowest BCUT2D eigenvalue weighted by Crippen LogP contribution is -2.31. The second-order valence-electron chi connectivity index (χ2n) is 5.14. The molecular weight excluding hydrogens is 385 g/mol. The molecule has 136 valence electrons. The highest BCUT2D eigenvalue weighted by atomic mass is 35.5. The van der Waals surface area contributed by atoms with Crippen LogP contribution < -0.4 is 5.32 Å². The fourth-order valence-corrected chi connectivity index (χ4v) is 3.63. The summed E-state index contributed by atoms with van der Waals surface area (Å²) < 4.78 is 6.59.